The van der Waals surface area contributed by atoms with E-state index in [1.54, 1.807) is 0 Å². The van der Waals surface area contributed by atoms with Gasteiger partial charge < -0.3 is 9.84 Å². The van der Waals surface area contributed by atoms with Gasteiger partial charge in [-0.25, -0.2) is 0 Å². The van der Waals surface area contributed by atoms with Gasteiger partial charge in [0.2, 0.25) is 0 Å². The molecule has 1 aromatic rings. The van der Waals surface area contributed by atoms with Crippen LogP contribution in [0.15, 0.2) is 24.3 Å². The normalized spacial score (nSPS) is 23.9. The highest BCUT2D eigenvalue weighted by Crippen LogP contribution is 2.30. The van der Waals surface area contributed by atoms with Gasteiger partial charge in [-0.05, 0) is 43.2 Å². The van der Waals surface area contributed by atoms with Crippen LogP contribution in [0.1, 0.15) is 44.6 Å². The molecule has 0 spiro atoms. The molecule has 0 radical (unpaired) electrons. The van der Waals surface area contributed by atoms with Gasteiger partial charge in [0.15, 0.2) is 0 Å². The number of hydrogen-bond acceptors (Lipinski definition) is 2. The summed E-state index contributed by atoms with van der Waals surface area (Å²) in [5.74, 6) is 1.79. The third-order valence-corrected chi connectivity index (χ3v) is 3.96. The minimum absolute atomic E-state index is 0.183. The molecule has 1 aliphatic rings. The summed E-state index contributed by atoms with van der Waals surface area (Å²) in [5, 5.41) is 9.07. The Morgan fingerprint density at radius 2 is 2.11 bits per heavy atom. The molecule has 0 saturated heterocycles. The fourth-order valence-corrected chi connectivity index (χ4v) is 2.84. The van der Waals surface area contributed by atoms with Gasteiger partial charge in [0, 0.05) is 6.61 Å². The molecule has 2 heteroatoms. The van der Waals surface area contributed by atoms with E-state index in [4.69, 9.17) is 9.84 Å². The third kappa shape index (κ3) is 3.49. The Morgan fingerprint density at radius 3 is 2.89 bits per heavy atom. The van der Waals surface area contributed by atoms with Crippen LogP contribution in [0.4, 0.5) is 0 Å². The lowest BCUT2D eigenvalue weighted by Crippen LogP contribution is -2.25. The summed E-state index contributed by atoms with van der Waals surface area (Å²) in [5.41, 5.74) is 1.12. The molecule has 100 valence electrons. The predicted molar refractivity (Wildman–Crippen MR) is 73.9 cm³/mol. The SMILES string of the molecule is CCC1CCCC(Oc2ccccc2CCO)C1. The van der Waals surface area contributed by atoms with Crippen molar-refractivity contribution in [3.8, 4) is 5.75 Å². The van der Waals surface area contributed by atoms with Crippen LogP contribution >= 0.6 is 0 Å². The molecule has 0 aromatic heterocycles. The molecular weight excluding hydrogens is 224 g/mol. The molecule has 18 heavy (non-hydrogen) atoms. The first kappa shape index (κ1) is 13.4. The van der Waals surface area contributed by atoms with E-state index in [0.29, 0.717) is 12.5 Å². The van der Waals surface area contributed by atoms with Crippen molar-refractivity contribution < 1.29 is 9.84 Å². The highest BCUT2D eigenvalue weighted by atomic mass is 16.5. The van der Waals surface area contributed by atoms with Gasteiger partial charge in [-0.3, -0.25) is 0 Å². The van der Waals surface area contributed by atoms with Crippen molar-refractivity contribution in [2.75, 3.05) is 6.61 Å². The molecule has 1 saturated carbocycles. The van der Waals surface area contributed by atoms with Gasteiger partial charge in [-0.2, -0.15) is 0 Å². The van der Waals surface area contributed by atoms with Crippen molar-refractivity contribution in [3.63, 3.8) is 0 Å². The Morgan fingerprint density at radius 1 is 1.28 bits per heavy atom. The van der Waals surface area contributed by atoms with E-state index in [1.807, 2.05) is 24.3 Å². The van der Waals surface area contributed by atoms with Crippen LogP contribution in [-0.4, -0.2) is 17.8 Å². The zero-order chi connectivity index (χ0) is 12.8. The molecule has 2 rings (SSSR count). The quantitative estimate of drug-likeness (QED) is 0.863. The summed E-state index contributed by atoms with van der Waals surface area (Å²) in [7, 11) is 0. The van der Waals surface area contributed by atoms with Crippen LogP contribution in [0.25, 0.3) is 0 Å². The predicted octanol–water partition coefficient (Wildman–Crippen LogP) is 3.57. The largest absolute Gasteiger partial charge is 0.490 e. The van der Waals surface area contributed by atoms with Gasteiger partial charge in [-0.1, -0.05) is 38.0 Å². The molecule has 1 N–H and O–H groups in total. The second-order valence-corrected chi connectivity index (χ2v) is 5.26. The number of benzene rings is 1. The molecular formula is C16H24O2. The molecule has 0 amide bonds. The lowest BCUT2D eigenvalue weighted by molar-refractivity contribution is 0.120. The average molecular weight is 248 g/mol. The van der Waals surface area contributed by atoms with Gasteiger partial charge in [0.05, 0.1) is 6.10 Å². The van der Waals surface area contributed by atoms with E-state index in [1.165, 1.54) is 32.1 Å². The number of aliphatic hydroxyl groups is 1. The van der Waals surface area contributed by atoms with Crippen molar-refractivity contribution >= 4 is 0 Å². The first-order chi connectivity index (χ1) is 8.83. The van der Waals surface area contributed by atoms with Crippen LogP contribution in [-0.2, 0) is 6.42 Å². The number of rotatable bonds is 5. The number of hydrogen-bond donors (Lipinski definition) is 1. The number of para-hydroxylation sites is 1. The summed E-state index contributed by atoms with van der Waals surface area (Å²) in [6.07, 6.45) is 7.30. The Bertz CT molecular complexity index is 362. The highest BCUT2D eigenvalue weighted by Gasteiger charge is 2.22. The Hall–Kier alpha value is -1.02. The topological polar surface area (TPSA) is 29.5 Å². The fraction of sp³-hybridized carbons (Fsp3) is 0.625. The van der Waals surface area contributed by atoms with Crippen LogP contribution in [0.3, 0.4) is 0 Å². The smallest absolute Gasteiger partial charge is 0.122 e. The molecule has 2 unspecified atom stereocenters. The zero-order valence-corrected chi connectivity index (χ0v) is 11.3. The molecule has 1 fully saturated rings. The first-order valence-electron chi connectivity index (χ1n) is 7.19. The van der Waals surface area contributed by atoms with Gasteiger partial charge in [0.1, 0.15) is 5.75 Å². The summed E-state index contributed by atoms with van der Waals surface area (Å²) in [6.45, 7) is 2.45. The first-order valence-corrected chi connectivity index (χ1v) is 7.19. The second kappa shape index (κ2) is 6.79. The zero-order valence-electron chi connectivity index (χ0n) is 11.3. The maximum atomic E-state index is 9.07. The van der Waals surface area contributed by atoms with Gasteiger partial charge in [-0.15, -0.1) is 0 Å². The van der Waals surface area contributed by atoms with Gasteiger partial charge >= 0.3 is 0 Å². The van der Waals surface area contributed by atoms with Crippen molar-refractivity contribution in [1.82, 2.24) is 0 Å². The number of aliphatic hydroxyl groups excluding tert-OH is 1. The Kier molecular flexibility index (Phi) is 5.06. The van der Waals surface area contributed by atoms with E-state index >= 15 is 0 Å². The maximum absolute atomic E-state index is 9.07. The van der Waals surface area contributed by atoms with Crippen LogP contribution in [0.2, 0.25) is 0 Å². The van der Waals surface area contributed by atoms with Crippen molar-refractivity contribution in [3.05, 3.63) is 29.8 Å². The average Bonchev–Trinajstić information content (AvgIpc) is 2.41. The second-order valence-electron chi connectivity index (χ2n) is 5.26. The molecule has 0 aliphatic heterocycles. The van der Waals surface area contributed by atoms with E-state index in [2.05, 4.69) is 6.92 Å². The van der Waals surface area contributed by atoms with Crippen LogP contribution in [0, 0.1) is 5.92 Å². The standard InChI is InChI=1S/C16H24O2/c1-2-13-6-5-8-15(12-13)18-16-9-4-3-7-14(16)10-11-17/h3-4,7,9,13,15,17H,2,5-6,8,10-12H2,1H3. The van der Waals surface area contributed by atoms with Crippen molar-refractivity contribution in [2.24, 2.45) is 5.92 Å². The molecule has 1 aromatic carbocycles. The third-order valence-electron chi connectivity index (χ3n) is 3.96. The van der Waals surface area contributed by atoms with E-state index in [0.717, 1.165) is 17.2 Å². The summed E-state index contributed by atoms with van der Waals surface area (Å²) >= 11 is 0. The van der Waals surface area contributed by atoms with Crippen LogP contribution < -0.4 is 4.74 Å². The number of ether oxygens (including phenoxy) is 1. The Labute approximate surface area is 110 Å². The Balaban J connectivity index is 1.99. The lowest BCUT2D eigenvalue weighted by Gasteiger charge is -2.29. The molecule has 2 nitrogen and oxygen atoms in total. The summed E-state index contributed by atoms with van der Waals surface area (Å²) in [6, 6.07) is 8.09. The molecule has 1 aliphatic carbocycles. The fourth-order valence-electron chi connectivity index (χ4n) is 2.84. The van der Waals surface area contributed by atoms with E-state index in [9.17, 15) is 0 Å². The minimum atomic E-state index is 0.183. The molecule has 2 atom stereocenters. The van der Waals surface area contributed by atoms with Gasteiger partial charge in [0.25, 0.3) is 0 Å². The summed E-state index contributed by atoms with van der Waals surface area (Å²) < 4.78 is 6.16. The van der Waals surface area contributed by atoms with Crippen LogP contribution in [0.5, 0.6) is 5.75 Å². The molecule has 0 heterocycles. The minimum Gasteiger partial charge on any atom is -0.490 e. The van der Waals surface area contributed by atoms with E-state index in [-0.39, 0.29) is 6.61 Å². The monoisotopic (exact) mass is 248 g/mol. The highest BCUT2D eigenvalue weighted by molar-refractivity contribution is 5.33. The maximum Gasteiger partial charge on any atom is 0.122 e. The summed E-state index contributed by atoms with van der Waals surface area (Å²) in [4.78, 5) is 0. The van der Waals surface area contributed by atoms with Crippen molar-refractivity contribution in [2.45, 2.75) is 51.6 Å². The van der Waals surface area contributed by atoms with E-state index < -0.39 is 0 Å². The lowest BCUT2D eigenvalue weighted by atomic mass is 9.85. The molecule has 0 bridgehead atoms. The van der Waals surface area contributed by atoms with Crippen molar-refractivity contribution in [1.29, 1.82) is 0 Å².